The van der Waals surface area contributed by atoms with Crippen molar-refractivity contribution < 1.29 is 13.2 Å². The standard InChI is InChI=1S/C13H20N2O3S/c1-10-2-3-12(8-13(10)14)19(16,17)15-9-11-4-6-18-7-5-11/h2-3,8,11,15H,4-7,9,14H2,1H3. The second kappa shape index (κ2) is 5.90. The van der Waals surface area contributed by atoms with Crippen LogP contribution in [-0.4, -0.2) is 28.2 Å². The maximum Gasteiger partial charge on any atom is 0.240 e. The van der Waals surface area contributed by atoms with Gasteiger partial charge in [-0.2, -0.15) is 0 Å². The van der Waals surface area contributed by atoms with E-state index in [1.54, 1.807) is 12.1 Å². The Hall–Kier alpha value is -1.11. The highest BCUT2D eigenvalue weighted by Gasteiger charge is 2.19. The molecule has 1 aromatic rings. The summed E-state index contributed by atoms with van der Waals surface area (Å²) in [6.07, 6.45) is 1.80. The summed E-state index contributed by atoms with van der Waals surface area (Å²) in [4.78, 5) is 0.225. The van der Waals surface area contributed by atoms with Gasteiger partial charge in [-0.05, 0) is 43.4 Å². The van der Waals surface area contributed by atoms with Crippen molar-refractivity contribution in [2.45, 2.75) is 24.7 Å². The van der Waals surface area contributed by atoms with Gasteiger partial charge in [-0.3, -0.25) is 0 Å². The van der Waals surface area contributed by atoms with Gasteiger partial charge < -0.3 is 10.5 Å². The number of rotatable bonds is 4. The van der Waals surface area contributed by atoms with E-state index in [0.717, 1.165) is 18.4 Å². The number of nitrogen functional groups attached to an aromatic ring is 1. The van der Waals surface area contributed by atoms with E-state index < -0.39 is 10.0 Å². The molecular weight excluding hydrogens is 264 g/mol. The smallest absolute Gasteiger partial charge is 0.240 e. The van der Waals surface area contributed by atoms with Crippen molar-refractivity contribution in [1.82, 2.24) is 4.72 Å². The lowest BCUT2D eigenvalue weighted by Crippen LogP contribution is -2.32. The molecule has 106 valence electrons. The molecule has 0 radical (unpaired) electrons. The highest BCUT2D eigenvalue weighted by atomic mass is 32.2. The molecule has 1 fully saturated rings. The molecule has 1 saturated heterocycles. The van der Waals surface area contributed by atoms with Crippen LogP contribution in [0, 0.1) is 12.8 Å². The molecule has 1 aliphatic rings. The van der Waals surface area contributed by atoms with E-state index in [9.17, 15) is 8.42 Å². The molecule has 0 bridgehead atoms. The minimum Gasteiger partial charge on any atom is -0.398 e. The van der Waals surface area contributed by atoms with Gasteiger partial charge in [0.25, 0.3) is 0 Å². The van der Waals surface area contributed by atoms with Gasteiger partial charge in [-0.15, -0.1) is 0 Å². The summed E-state index contributed by atoms with van der Waals surface area (Å²) in [7, 11) is -3.47. The first-order valence-corrected chi connectivity index (χ1v) is 7.91. The van der Waals surface area contributed by atoms with E-state index in [4.69, 9.17) is 10.5 Å². The number of anilines is 1. The normalized spacial score (nSPS) is 17.5. The van der Waals surface area contributed by atoms with Crippen LogP contribution in [-0.2, 0) is 14.8 Å². The number of benzene rings is 1. The Labute approximate surface area is 114 Å². The molecule has 0 aromatic heterocycles. The topological polar surface area (TPSA) is 81.4 Å². The number of hydrogen-bond donors (Lipinski definition) is 2. The Kier molecular flexibility index (Phi) is 4.44. The number of hydrogen-bond acceptors (Lipinski definition) is 4. The molecule has 0 spiro atoms. The molecule has 6 heteroatoms. The molecule has 0 unspecified atom stereocenters. The van der Waals surface area contributed by atoms with E-state index in [1.165, 1.54) is 6.07 Å². The molecule has 3 N–H and O–H groups in total. The quantitative estimate of drug-likeness (QED) is 0.816. The van der Waals surface area contributed by atoms with Crippen molar-refractivity contribution in [2.24, 2.45) is 5.92 Å². The Bertz CT molecular complexity index is 537. The Morgan fingerprint density at radius 3 is 2.68 bits per heavy atom. The first kappa shape index (κ1) is 14.3. The largest absolute Gasteiger partial charge is 0.398 e. The Morgan fingerprint density at radius 2 is 2.05 bits per heavy atom. The fraction of sp³-hybridized carbons (Fsp3) is 0.538. The van der Waals surface area contributed by atoms with E-state index >= 15 is 0 Å². The number of nitrogens with two attached hydrogens (primary N) is 1. The van der Waals surface area contributed by atoms with Crippen LogP contribution in [0.15, 0.2) is 23.1 Å². The molecule has 1 heterocycles. The van der Waals surface area contributed by atoms with Crippen molar-refractivity contribution in [3.8, 4) is 0 Å². The van der Waals surface area contributed by atoms with Crippen molar-refractivity contribution in [1.29, 1.82) is 0 Å². The monoisotopic (exact) mass is 284 g/mol. The Balaban J connectivity index is 2.02. The van der Waals surface area contributed by atoms with Gasteiger partial charge in [0.2, 0.25) is 10.0 Å². The molecule has 5 nitrogen and oxygen atoms in total. The van der Waals surface area contributed by atoms with E-state index in [1.807, 2.05) is 6.92 Å². The zero-order valence-electron chi connectivity index (χ0n) is 11.1. The van der Waals surface area contributed by atoms with Crippen molar-refractivity contribution in [2.75, 3.05) is 25.5 Å². The summed E-state index contributed by atoms with van der Waals surface area (Å²) in [6, 6.07) is 4.80. The zero-order chi connectivity index (χ0) is 13.9. The molecular formula is C13H20N2O3S. The average Bonchev–Trinajstić information content (AvgIpc) is 2.41. The first-order valence-electron chi connectivity index (χ1n) is 6.42. The maximum absolute atomic E-state index is 12.1. The van der Waals surface area contributed by atoms with E-state index in [2.05, 4.69) is 4.72 Å². The lowest BCUT2D eigenvalue weighted by Gasteiger charge is -2.22. The highest BCUT2D eigenvalue weighted by molar-refractivity contribution is 7.89. The second-order valence-corrected chi connectivity index (χ2v) is 6.69. The lowest BCUT2D eigenvalue weighted by atomic mass is 10.0. The molecule has 1 aromatic carbocycles. The fourth-order valence-electron chi connectivity index (χ4n) is 2.05. The second-order valence-electron chi connectivity index (χ2n) is 4.93. The van der Waals surface area contributed by atoms with Gasteiger partial charge in [-0.1, -0.05) is 6.07 Å². The molecule has 1 aliphatic heterocycles. The minimum absolute atomic E-state index is 0.225. The van der Waals surface area contributed by atoms with Crippen molar-refractivity contribution in [3.05, 3.63) is 23.8 Å². The third kappa shape index (κ3) is 3.68. The lowest BCUT2D eigenvalue weighted by molar-refractivity contribution is 0.0678. The predicted molar refractivity (Wildman–Crippen MR) is 74.3 cm³/mol. The van der Waals surface area contributed by atoms with Crippen LogP contribution in [0.3, 0.4) is 0 Å². The first-order chi connectivity index (χ1) is 8.99. The van der Waals surface area contributed by atoms with Crippen LogP contribution in [0.4, 0.5) is 5.69 Å². The van der Waals surface area contributed by atoms with E-state index in [-0.39, 0.29) is 4.90 Å². The summed E-state index contributed by atoms with van der Waals surface area (Å²) in [6.45, 7) is 3.73. The van der Waals surface area contributed by atoms with Crippen LogP contribution >= 0.6 is 0 Å². The van der Waals surface area contributed by atoms with Gasteiger partial charge in [0.05, 0.1) is 4.90 Å². The van der Waals surface area contributed by atoms with Crippen LogP contribution < -0.4 is 10.5 Å². The average molecular weight is 284 g/mol. The predicted octanol–water partition coefficient (Wildman–Crippen LogP) is 1.28. The molecule has 0 saturated carbocycles. The van der Waals surface area contributed by atoms with Crippen molar-refractivity contribution >= 4 is 15.7 Å². The molecule has 2 rings (SSSR count). The zero-order valence-corrected chi connectivity index (χ0v) is 11.9. The molecule has 19 heavy (non-hydrogen) atoms. The number of sulfonamides is 1. The summed E-state index contributed by atoms with van der Waals surface area (Å²) in [5.74, 6) is 0.353. The molecule has 0 atom stereocenters. The van der Waals surface area contributed by atoms with Crippen LogP contribution in [0.2, 0.25) is 0 Å². The van der Waals surface area contributed by atoms with Crippen LogP contribution in [0.25, 0.3) is 0 Å². The van der Waals surface area contributed by atoms with Crippen molar-refractivity contribution in [3.63, 3.8) is 0 Å². The van der Waals surface area contributed by atoms with Crippen LogP contribution in [0.1, 0.15) is 18.4 Å². The van der Waals surface area contributed by atoms with Gasteiger partial charge in [0.15, 0.2) is 0 Å². The summed E-state index contributed by atoms with van der Waals surface area (Å²) in [5.41, 5.74) is 7.12. The fourth-order valence-corrected chi connectivity index (χ4v) is 3.20. The van der Waals surface area contributed by atoms with Gasteiger partial charge in [0, 0.05) is 25.4 Å². The van der Waals surface area contributed by atoms with Gasteiger partial charge in [0.1, 0.15) is 0 Å². The third-order valence-corrected chi connectivity index (χ3v) is 4.89. The minimum atomic E-state index is -3.47. The molecule has 0 aliphatic carbocycles. The summed E-state index contributed by atoms with van der Waals surface area (Å²) >= 11 is 0. The summed E-state index contributed by atoms with van der Waals surface area (Å²) in [5, 5.41) is 0. The SMILES string of the molecule is Cc1ccc(S(=O)(=O)NCC2CCOCC2)cc1N. The highest BCUT2D eigenvalue weighted by Crippen LogP contribution is 2.18. The Morgan fingerprint density at radius 1 is 1.37 bits per heavy atom. The van der Waals surface area contributed by atoms with E-state index in [0.29, 0.717) is 31.4 Å². The number of nitrogens with one attached hydrogen (secondary N) is 1. The van der Waals surface area contributed by atoms with Crippen LogP contribution in [0.5, 0.6) is 0 Å². The van der Waals surface area contributed by atoms with Gasteiger partial charge >= 0.3 is 0 Å². The van der Waals surface area contributed by atoms with Gasteiger partial charge in [-0.25, -0.2) is 13.1 Å². The number of ether oxygens (including phenoxy) is 1. The molecule has 0 amide bonds. The third-order valence-electron chi connectivity index (χ3n) is 3.46. The summed E-state index contributed by atoms with van der Waals surface area (Å²) < 4.78 is 32.2. The number of aryl methyl sites for hydroxylation is 1. The maximum atomic E-state index is 12.1.